The minimum absolute atomic E-state index is 0.0298. The Labute approximate surface area is 102 Å². The van der Waals surface area contributed by atoms with Gasteiger partial charge in [-0.15, -0.1) is 0 Å². The monoisotopic (exact) mass is 253 g/mol. The molecule has 2 nitrogen and oxygen atoms in total. The third-order valence-electron chi connectivity index (χ3n) is 2.55. The fourth-order valence-corrected chi connectivity index (χ4v) is 1.80. The lowest BCUT2D eigenvalue weighted by Crippen LogP contribution is -2.12. The Bertz CT molecular complexity index is 538. The summed E-state index contributed by atoms with van der Waals surface area (Å²) >= 11 is 0. The Morgan fingerprint density at radius 3 is 2.28 bits per heavy atom. The van der Waals surface area contributed by atoms with Gasteiger partial charge in [0.25, 0.3) is 0 Å². The van der Waals surface area contributed by atoms with Gasteiger partial charge in [-0.25, -0.2) is 0 Å². The van der Waals surface area contributed by atoms with Crippen molar-refractivity contribution in [3.05, 3.63) is 53.9 Å². The minimum Gasteiger partial charge on any atom is -0.390 e. The van der Waals surface area contributed by atoms with Crippen molar-refractivity contribution < 1.29 is 18.3 Å². The molecule has 18 heavy (non-hydrogen) atoms. The van der Waals surface area contributed by atoms with E-state index in [4.69, 9.17) is 5.11 Å². The van der Waals surface area contributed by atoms with Crippen molar-refractivity contribution in [1.29, 1.82) is 0 Å². The highest BCUT2D eigenvalue weighted by atomic mass is 19.4. The summed E-state index contributed by atoms with van der Waals surface area (Å²) in [6.45, 7) is -0.741. The SMILES string of the molecule is OCc1nccc(-c2ccccc2)c1C(F)(F)F. The Morgan fingerprint density at radius 2 is 1.72 bits per heavy atom. The lowest BCUT2D eigenvalue weighted by molar-refractivity contribution is -0.138. The number of hydrogen-bond acceptors (Lipinski definition) is 2. The molecule has 2 aromatic rings. The molecule has 5 heteroatoms. The maximum atomic E-state index is 13.0. The second-order valence-corrected chi connectivity index (χ2v) is 3.70. The molecule has 0 bridgehead atoms. The maximum absolute atomic E-state index is 13.0. The average molecular weight is 253 g/mol. The van der Waals surface area contributed by atoms with Gasteiger partial charge in [0.2, 0.25) is 0 Å². The van der Waals surface area contributed by atoms with Gasteiger partial charge in [-0.05, 0) is 17.2 Å². The van der Waals surface area contributed by atoms with Crippen LogP contribution in [0, 0.1) is 0 Å². The summed E-state index contributed by atoms with van der Waals surface area (Å²) in [5, 5.41) is 8.99. The molecule has 0 aliphatic heterocycles. The lowest BCUT2D eigenvalue weighted by Gasteiger charge is -2.15. The van der Waals surface area contributed by atoms with Crippen LogP contribution in [0.5, 0.6) is 0 Å². The number of halogens is 3. The summed E-state index contributed by atoms with van der Waals surface area (Å²) < 4.78 is 39.1. The molecule has 1 aromatic carbocycles. The number of hydrogen-bond donors (Lipinski definition) is 1. The van der Waals surface area contributed by atoms with Crippen molar-refractivity contribution in [3.63, 3.8) is 0 Å². The summed E-state index contributed by atoms with van der Waals surface area (Å²) in [7, 11) is 0. The minimum atomic E-state index is -4.54. The van der Waals surface area contributed by atoms with Crippen LogP contribution in [0.3, 0.4) is 0 Å². The van der Waals surface area contributed by atoms with Gasteiger partial charge in [-0.1, -0.05) is 30.3 Å². The van der Waals surface area contributed by atoms with Crippen molar-refractivity contribution in [2.24, 2.45) is 0 Å². The van der Waals surface area contributed by atoms with E-state index < -0.39 is 18.3 Å². The van der Waals surface area contributed by atoms with Crippen LogP contribution in [0.2, 0.25) is 0 Å². The van der Waals surface area contributed by atoms with Gasteiger partial charge < -0.3 is 5.11 Å². The summed E-state index contributed by atoms with van der Waals surface area (Å²) in [5.74, 6) is 0. The first-order valence-corrected chi connectivity index (χ1v) is 5.25. The van der Waals surface area contributed by atoms with E-state index in [2.05, 4.69) is 4.98 Å². The normalized spacial score (nSPS) is 11.6. The van der Waals surface area contributed by atoms with Crippen molar-refractivity contribution in [2.75, 3.05) is 0 Å². The van der Waals surface area contributed by atoms with E-state index >= 15 is 0 Å². The number of alkyl halides is 3. The molecule has 1 heterocycles. The van der Waals surface area contributed by atoms with Crippen molar-refractivity contribution in [1.82, 2.24) is 4.98 Å². The van der Waals surface area contributed by atoms with Crippen LogP contribution >= 0.6 is 0 Å². The predicted octanol–water partition coefficient (Wildman–Crippen LogP) is 3.26. The molecule has 0 saturated heterocycles. The smallest absolute Gasteiger partial charge is 0.390 e. The van der Waals surface area contributed by atoms with Crippen molar-refractivity contribution in [2.45, 2.75) is 12.8 Å². The molecule has 0 aliphatic carbocycles. The van der Waals surface area contributed by atoms with Crippen LogP contribution < -0.4 is 0 Å². The van der Waals surface area contributed by atoms with Crippen molar-refractivity contribution >= 4 is 0 Å². The van der Waals surface area contributed by atoms with Gasteiger partial charge in [-0.3, -0.25) is 4.98 Å². The number of aromatic nitrogens is 1. The summed E-state index contributed by atoms with van der Waals surface area (Å²) in [5.41, 5.74) is -0.758. The van der Waals surface area contributed by atoms with Crippen LogP contribution in [-0.2, 0) is 12.8 Å². The quantitative estimate of drug-likeness (QED) is 0.891. The summed E-state index contributed by atoms with van der Waals surface area (Å²) in [6.07, 6.45) is -3.28. The first kappa shape index (κ1) is 12.6. The van der Waals surface area contributed by atoms with Gasteiger partial charge in [0.05, 0.1) is 17.9 Å². The molecule has 0 saturated carbocycles. The van der Waals surface area contributed by atoms with Gasteiger partial charge >= 0.3 is 6.18 Å². The molecule has 1 N–H and O–H groups in total. The summed E-state index contributed by atoms with van der Waals surface area (Å²) in [4.78, 5) is 3.58. The highest BCUT2D eigenvalue weighted by Crippen LogP contribution is 2.38. The second kappa shape index (κ2) is 4.78. The molecule has 0 radical (unpaired) electrons. The molecule has 0 aliphatic rings. The zero-order chi connectivity index (χ0) is 13.2. The summed E-state index contributed by atoms with van der Waals surface area (Å²) in [6, 6.07) is 9.53. The number of aliphatic hydroxyl groups is 1. The molecule has 0 fully saturated rings. The number of aliphatic hydroxyl groups excluding tert-OH is 1. The van der Waals surface area contributed by atoms with Gasteiger partial charge in [-0.2, -0.15) is 13.2 Å². The standard InChI is InChI=1S/C13H10F3NO/c14-13(15,16)12-10(6-7-17-11(12)8-18)9-4-2-1-3-5-9/h1-7,18H,8H2. The Kier molecular flexibility index (Phi) is 3.34. The Morgan fingerprint density at radius 1 is 1.06 bits per heavy atom. The van der Waals surface area contributed by atoms with Crippen LogP contribution in [0.1, 0.15) is 11.3 Å². The highest BCUT2D eigenvalue weighted by molar-refractivity contribution is 5.68. The van der Waals surface area contributed by atoms with Gasteiger partial charge in [0.15, 0.2) is 0 Å². The van der Waals surface area contributed by atoms with E-state index in [1.54, 1.807) is 30.3 Å². The lowest BCUT2D eigenvalue weighted by atomic mass is 9.99. The average Bonchev–Trinajstić information content (AvgIpc) is 2.38. The zero-order valence-electron chi connectivity index (χ0n) is 9.28. The third-order valence-corrected chi connectivity index (χ3v) is 2.55. The largest absolute Gasteiger partial charge is 0.418 e. The predicted molar refractivity (Wildman–Crippen MR) is 60.6 cm³/mol. The molecular weight excluding hydrogens is 243 g/mol. The molecule has 0 atom stereocenters. The van der Waals surface area contributed by atoms with Crippen LogP contribution in [0.25, 0.3) is 11.1 Å². The first-order valence-electron chi connectivity index (χ1n) is 5.25. The van der Waals surface area contributed by atoms with Gasteiger partial charge in [0, 0.05) is 6.20 Å². The van der Waals surface area contributed by atoms with E-state index in [0.717, 1.165) is 0 Å². The number of pyridine rings is 1. The number of benzene rings is 1. The molecule has 1 aromatic heterocycles. The Balaban J connectivity index is 2.68. The fourth-order valence-electron chi connectivity index (χ4n) is 1.80. The molecule has 94 valence electrons. The molecule has 0 spiro atoms. The third kappa shape index (κ3) is 2.36. The van der Waals surface area contributed by atoms with E-state index in [0.29, 0.717) is 5.56 Å². The second-order valence-electron chi connectivity index (χ2n) is 3.70. The molecule has 2 rings (SSSR count). The van der Waals surface area contributed by atoms with E-state index in [-0.39, 0.29) is 11.3 Å². The number of nitrogens with zero attached hydrogens (tertiary/aromatic N) is 1. The maximum Gasteiger partial charge on any atom is 0.418 e. The van der Waals surface area contributed by atoms with E-state index in [1.165, 1.54) is 12.3 Å². The van der Waals surface area contributed by atoms with Crippen LogP contribution in [-0.4, -0.2) is 10.1 Å². The zero-order valence-corrected chi connectivity index (χ0v) is 9.28. The molecule has 0 amide bonds. The molecule has 0 unspecified atom stereocenters. The van der Waals surface area contributed by atoms with E-state index in [9.17, 15) is 13.2 Å². The van der Waals surface area contributed by atoms with Crippen LogP contribution in [0.4, 0.5) is 13.2 Å². The highest BCUT2D eigenvalue weighted by Gasteiger charge is 2.36. The van der Waals surface area contributed by atoms with Gasteiger partial charge in [0.1, 0.15) is 0 Å². The number of rotatable bonds is 2. The topological polar surface area (TPSA) is 33.1 Å². The Hall–Kier alpha value is -1.88. The fraction of sp³-hybridized carbons (Fsp3) is 0.154. The first-order chi connectivity index (χ1) is 8.54. The van der Waals surface area contributed by atoms with Crippen molar-refractivity contribution in [3.8, 4) is 11.1 Å². The molecular formula is C13H10F3NO. The van der Waals surface area contributed by atoms with Crippen LogP contribution in [0.15, 0.2) is 42.6 Å². The van der Waals surface area contributed by atoms with E-state index in [1.807, 2.05) is 0 Å².